The maximum atomic E-state index is 13.3. The maximum absolute atomic E-state index is 13.3. The molecule has 0 aliphatic rings. The van der Waals surface area contributed by atoms with E-state index in [1.165, 1.54) is 6.07 Å². The van der Waals surface area contributed by atoms with Gasteiger partial charge in [-0.25, -0.2) is 4.39 Å². The van der Waals surface area contributed by atoms with Crippen molar-refractivity contribution < 1.29 is 9.13 Å². The fourth-order valence-electron chi connectivity index (χ4n) is 1.81. The Hall–Kier alpha value is -0.930. The molecule has 0 spiro atoms. The van der Waals surface area contributed by atoms with Crippen molar-refractivity contribution in [2.75, 3.05) is 13.2 Å². The van der Waals surface area contributed by atoms with Crippen molar-refractivity contribution >= 4 is 0 Å². The van der Waals surface area contributed by atoms with Crippen LogP contribution in [0.4, 0.5) is 4.39 Å². The molecule has 0 fully saturated rings. The molecule has 0 amide bonds. The molecule has 1 N–H and O–H groups in total. The summed E-state index contributed by atoms with van der Waals surface area (Å²) in [5.74, 6) is -0.192. The van der Waals surface area contributed by atoms with Crippen molar-refractivity contribution in [1.29, 1.82) is 0 Å². The average molecular weight is 239 g/mol. The van der Waals surface area contributed by atoms with Crippen LogP contribution in [0.5, 0.6) is 0 Å². The van der Waals surface area contributed by atoms with E-state index in [9.17, 15) is 4.39 Å². The molecule has 0 saturated carbocycles. The number of rotatable bonds is 8. The summed E-state index contributed by atoms with van der Waals surface area (Å²) < 4.78 is 18.9. The Balaban J connectivity index is 2.33. The predicted octanol–water partition coefficient (Wildman–Crippen LogP) is 3.12. The summed E-state index contributed by atoms with van der Waals surface area (Å²) in [5.41, 5.74) is 0.624. The average Bonchev–Trinajstić information content (AvgIpc) is 2.32. The number of benzene rings is 1. The first-order chi connectivity index (χ1) is 8.27. The van der Waals surface area contributed by atoms with Gasteiger partial charge in [-0.1, -0.05) is 38.5 Å². The van der Waals surface area contributed by atoms with Crippen molar-refractivity contribution in [3.63, 3.8) is 0 Å². The zero-order chi connectivity index (χ0) is 12.5. The van der Waals surface area contributed by atoms with E-state index in [4.69, 9.17) is 4.74 Å². The first kappa shape index (κ1) is 14.1. The standard InChI is InChI=1S/C14H22FNO/c1-3-7-13(16-4-2)11-17-10-12-8-5-6-9-14(12)15/h5-6,8-9,13,16H,3-4,7,10-11H2,1-2H3. The molecule has 0 radical (unpaired) electrons. The van der Waals surface area contributed by atoms with Gasteiger partial charge in [0.1, 0.15) is 5.82 Å². The van der Waals surface area contributed by atoms with Crippen molar-refractivity contribution in [3.8, 4) is 0 Å². The van der Waals surface area contributed by atoms with E-state index >= 15 is 0 Å². The molecule has 1 atom stereocenters. The summed E-state index contributed by atoms with van der Waals surface area (Å²) in [6, 6.07) is 7.12. The number of nitrogens with one attached hydrogen (secondary N) is 1. The van der Waals surface area contributed by atoms with Crippen LogP contribution in [-0.2, 0) is 11.3 Å². The first-order valence-electron chi connectivity index (χ1n) is 6.32. The number of hydrogen-bond donors (Lipinski definition) is 1. The lowest BCUT2D eigenvalue weighted by Crippen LogP contribution is -2.33. The van der Waals surface area contributed by atoms with Gasteiger partial charge in [-0.2, -0.15) is 0 Å². The smallest absolute Gasteiger partial charge is 0.128 e. The van der Waals surface area contributed by atoms with Crippen LogP contribution in [-0.4, -0.2) is 19.2 Å². The highest BCUT2D eigenvalue weighted by Gasteiger charge is 2.07. The molecular formula is C14H22FNO. The zero-order valence-corrected chi connectivity index (χ0v) is 10.7. The zero-order valence-electron chi connectivity index (χ0n) is 10.7. The van der Waals surface area contributed by atoms with Gasteiger partial charge in [-0.15, -0.1) is 0 Å². The van der Waals surface area contributed by atoms with E-state index in [-0.39, 0.29) is 5.82 Å². The summed E-state index contributed by atoms with van der Waals surface area (Å²) in [6.07, 6.45) is 2.21. The molecule has 1 aromatic carbocycles. The SMILES string of the molecule is CCCC(COCc1ccccc1F)NCC. The summed E-state index contributed by atoms with van der Waals surface area (Å²) in [7, 11) is 0. The third-order valence-corrected chi connectivity index (χ3v) is 2.66. The Kier molecular flexibility index (Phi) is 6.82. The molecule has 0 aliphatic carbocycles. The summed E-state index contributed by atoms with van der Waals surface area (Å²) in [4.78, 5) is 0. The molecule has 0 heterocycles. The third kappa shape index (κ3) is 5.29. The summed E-state index contributed by atoms with van der Waals surface area (Å²) in [5, 5.41) is 3.37. The van der Waals surface area contributed by atoms with Crippen LogP contribution in [0.2, 0.25) is 0 Å². The Bertz CT molecular complexity index is 311. The minimum atomic E-state index is -0.192. The molecule has 1 rings (SSSR count). The monoisotopic (exact) mass is 239 g/mol. The lowest BCUT2D eigenvalue weighted by molar-refractivity contribution is 0.0945. The van der Waals surface area contributed by atoms with Gasteiger partial charge in [0.25, 0.3) is 0 Å². The molecular weight excluding hydrogens is 217 g/mol. The van der Waals surface area contributed by atoms with Gasteiger partial charge < -0.3 is 10.1 Å². The molecule has 1 unspecified atom stereocenters. The Labute approximate surface area is 103 Å². The van der Waals surface area contributed by atoms with Crippen molar-refractivity contribution in [2.45, 2.75) is 39.3 Å². The van der Waals surface area contributed by atoms with Crippen molar-refractivity contribution in [1.82, 2.24) is 5.32 Å². The van der Waals surface area contributed by atoms with Crippen LogP contribution in [0, 0.1) is 5.82 Å². The maximum Gasteiger partial charge on any atom is 0.128 e. The van der Waals surface area contributed by atoms with Gasteiger partial charge in [0, 0.05) is 11.6 Å². The van der Waals surface area contributed by atoms with Crippen LogP contribution < -0.4 is 5.32 Å². The molecule has 96 valence electrons. The van der Waals surface area contributed by atoms with Gasteiger partial charge in [0.05, 0.1) is 13.2 Å². The highest BCUT2D eigenvalue weighted by atomic mass is 19.1. The Morgan fingerprint density at radius 2 is 2.06 bits per heavy atom. The van der Waals surface area contributed by atoms with E-state index in [1.54, 1.807) is 12.1 Å². The largest absolute Gasteiger partial charge is 0.375 e. The molecule has 1 aromatic rings. The number of ether oxygens (including phenoxy) is 1. The van der Waals surface area contributed by atoms with E-state index in [0.29, 0.717) is 24.8 Å². The second-order valence-corrected chi connectivity index (χ2v) is 4.15. The second kappa shape index (κ2) is 8.20. The Morgan fingerprint density at radius 3 is 2.71 bits per heavy atom. The first-order valence-corrected chi connectivity index (χ1v) is 6.32. The normalized spacial score (nSPS) is 12.6. The molecule has 0 aliphatic heterocycles. The minimum absolute atomic E-state index is 0.192. The number of halogens is 1. The fourth-order valence-corrected chi connectivity index (χ4v) is 1.81. The van der Waals surface area contributed by atoms with Gasteiger partial charge >= 0.3 is 0 Å². The predicted molar refractivity (Wildman–Crippen MR) is 68.4 cm³/mol. The fraction of sp³-hybridized carbons (Fsp3) is 0.571. The van der Waals surface area contributed by atoms with E-state index < -0.39 is 0 Å². The van der Waals surface area contributed by atoms with E-state index in [1.807, 2.05) is 6.07 Å². The third-order valence-electron chi connectivity index (χ3n) is 2.66. The van der Waals surface area contributed by atoms with Crippen LogP contribution in [0.1, 0.15) is 32.3 Å². The van der Waals surface area contributed by atoms with Gasteiger partial charge in [0.15, 0.2) is 0 Å². The molecule has 17 heavy (non-hydrogen) atoms. The molecule has 0 bridgehead atoms. The van der Waals surface area contributed by atoms with Gasteiger partial charge in [-0.3, -0.25) is 0 Å². The second-order valence-electron chi connectivity index (χ2n) is 4.15. The lowest BCUT2D eigenvalue weighted by Gasteiger charge is -2.17. The summed E-state index contributed by atoms with van der Waals surface area (Å²) in [6.45, 7) is 6.16. The highest BCUT2D eigenvalue weighted by molar-refractivity contribution is 5.16. The minimum Gasteiger partial charge on any atom is -0.375 e. The van der Waals surface area contributed by atoms with E-state index in [0.717, 1.165) is 19.4 Å². The number of likely N-dealkylation sites (N-methyl/N-ethyl adjacent to an activating group) is 1. The van der Waals surface area contributed by atoms with E-state index in [2.05, 4.69) is 19.2 Å². The number of hydrogen-bond acceptors (Lipinski definition) is 2. The molecule has 0 aromatic heterocycles. The Morgan fingerprint density at radius 1 is 1.29 bits per heavy atom. The van der Waals surface area contributed by atoms with Crippen LogP contribution >= 0.6 is 0 Å². The van der Waals surface area contributed by atoms with Crippen molar-refractivity contribution in [3.05, 3.63) is 35.6 Å². The van der Waals surface area contributed by atoms with Crippen LogP contribution in [0.15, 0.2) is 24.3 Å². The van der Waals surface area contributed by atoms with Crippen LogP contribution in [0.25, 0.3) is 0 Å². The quantitative estimate of drug-likeness (QED) is 0.752. The lowest BCUT2D eigenvalue weighted by atomic mass is 10.2. The van der Waals surface area contributed by atoms with Gasteiger partial charge in [-0.05, 0) is 19.0 Å². The highest BCUT2D eigenvalue weighted by Crippen LogP contribution is 2.08. The summed E-state index contributed by atoms with van der Waals surface area (Å²) >= 11 is 0. The topological polar surface area (TPSA) is 21.3 Å². The molecule has 0 saturated heterocycles. The van der Waals surface area contributed by atoms with Gasteiger partial charge in [0.2, 0.25) is 0 Å². The van der Waals surface area contributed by atoms with Crippen LogP contribution in [0.3, 0.4) is 0 Å². The molecule has 3 heteroatoms. The molecule has 2 nitrogen and oxygen atoms in total. The van der Waals surface area contributed by atoms with Crippen molar-refractivity contribution in [2.24, 2.45) is 0 Å².